The van der Waals surface area contributed by atoms with Gasteiger partial charge in [0.2, 0.25) is 11.4 Å². The Morgan fingerprint density at radius 1 is 0.549 bits per heavy atom. The minimum atomic E-state index is -1.01. The van der Waals surface area contributed by atoms with Gasteiger partial charge in [0.25, 0.3) is 5.91 Å². The Kier molecular flexibility index (Phi) is 25.7. The topological polar surface area (TPSA) is 159 Å². The van der Waals surface area contributed by atoms with E-state index in [1.54, 1.807) is 18.2 Å². The summed E-state index contributed by atoms with van der Waals surface area (Å²) in [6, 6.07) is 21.9. The van der Waals surface area contributed by atoms with Gasteiger partial charge < -0.3 is 30.4 Å². The van der Waals surface area contributed by atoms with Gasteiger partial charge in [-0.05, 0) is 199 Å². The number of carbonyl (C=O) groups excluding carboxylic acids is 1. The van der Waals surface area contributed by atoms with E-state index in [0.29, 0.717) is 57.0 Å². The van der Waals surface area contributed by atoms with Crippen molar-refractivity contribution < 1.29 is 14.7 Å². The molecular weight excluding hydrogens is 1200 g/mol. The van der Waals surface area contributed by atoms with Crippen LogP contribution in [0.4, 0.5) is 22.7 Å². The number of aryl methyl sites for hydroxylation is 2. The number of hydrogen-bond acceptors (Lipinski definition) is 12. The minimum Gasteiger partial charge on any atom is -0.477 e. The lowest BCUT2D eigenvalue weighted by Gasteiger charge is -2.34. The average molecular weight is 1300 g/mol. The molecule has 2 aromatic carbocycles. The zero-order valence-corrected chi connectivity index (χ0v) is 56.3. The van der Waals surface area contributed by atoms with Crippen LogP contribution >= 0.6 is 35.6 Å². The van der Waals surface area contributed by atoms with Gasteiger partial charge >= 0.3 is 5.97 Å². The molecule has 14 rings (SSSR count). The van der Waals surface area contributed by atoms with E-state index in [1.807, 2.05) is 41.3 Å². The van der Waals surface area contributed by atoms with E-state index >= 15 is 0 Å². The molecule has 5 saturated carbocycles. The lowest BCUT2D eigenvalue weighted by molar-refractivity contribution is 0.0689. The van der Waals surface area contributed by atoms with Gasteiger partial charge in [0, 0.05) is 70.3 Å². The summed E-state index contributed by atoms with van der Waals surface area (Å²) in [7, 11) is 12.9. The van der Waals surface area contributed by atoms with Crippen LogP contribution in [0, 0.1) is 36.8 Å². The molecule has 1 saturated heterocycles. The van der Waals surface area contributed by atoms with E-state index < -0.39 is 5.97 Å². The highest BCUT2D eigenvalue weighted by molar-refractivity contribution is 6.34. The fourth-order valence-electron chi connectivity index (χ4n) is 15.9. The molecule has 5 atom stereocenters. The van der Waals surface area contributed by atoms with Gasteiger partial charge in [-0.25, -0.2) is 24.5 Å². The fraction of sp³-hybridized carbons (Fsp3) is 0.611. The van der Waals surface area contributed by atoms with Gasteiger partial charge in [-0.3, -0.25) is 14.8 Å². The van der Waals surface area contributed by atoms with Crippen molar-refractivity contribution in [3.63, 3.8) is 0 Å². The van der Waals surface area contributed by atoms with Crippen LogP contribution in [0.3, 0.4) is 0 Å². The second kappa shape index (κ2) is 32.9. The molecule has 91 heavy (non-hydrogen) atoms. The van der Waals surface area contributed by atoms with E-state index in [4.69, 9.17) is 57.3 Å². The Morgan fingerprint density at radius 3 is 1.30 bits per heavy atom. The second-order valence-corrected chi connectivity index (χ2v) is 28.0. The lowest BCUT2D eigenvalue weighted by atomic mass is 9.76. The third kappa shape index (κ3) is 16.8. The minimum absolute atomic E-state index is 0. The summed E-state index contributed by atoms with van der Waals surface area (Å²) in [5, 5.41) is 24.7. The van der Waals surface area contributed by atoms with Crippen LogP contribution in [0.2, 0.25) is 10.0 Å². The molecule has 492 valence electrons. The van der Waals surface area contributed by atoms with Crippen LogP contribution in [0.5, 0.6) is 0 Å². The van der Waals surface area contributed by atoms with Gasteiger partial charge in [-0.2, -0.15) is 10.2 Å². The molecular formula is C72H100Cl3N13O3. The zero-order chi connectivity index (χ0) is 62.9. The van der Waals surface area contributed by atoms with Gasteiger partial charge in [-0.15, -0.1) is 12.4 Å². The number of halogens is 3. The molecule has 0 bridgehead atoms. The average Bonchev–Trinajstić information content (AvgIpc) is 1.62. The van der Waals surface area contributed by atoms with Crippen LogP contribution in [0.1, 0.15) is 199 Å². The van der Waals surface area contributed by atoms with Crippen molar-refractivity contribution in [2.24, 2.45) is 39.6 Å². The van der Waals surface area contributed by atoms with Crippen molar-refractivity contribution in [2.75, 3.05) is 65.4 Å². The van der Waals surface area contributed by atoms with Crippen LogP contribution < -0.4 is 15.8 Å². The number of anilines is 2. The summed E-state index contributed by atoms with van der Waals surface area (Å²) in [6.07, 6.45) is 31.1. The maximum absolute atomic E-state index is 13.2. The highest BCUT2D eigenvalue weighted by Crippen LogP contribution is 2.48. The zero-order valence-electron chi connectivity index (χ0n) is 54.0. The smallest absolute Gasteiger partial charge is 0.354 e. The molecule has 5 heterocycles. The highest BCUT2D eigenvalue weighted by atomic mass is 35.5. The predicted molar refractivity (Wildman–Crippen MR) is 374 cm³/mol. The molecule has 1 amide bonds. The first-order valence-corrected chi connectivity index (χ1v) is 34.1. The molecule has 2 aromatic heterocycles. The van der Waals surface area contributed by atoms with E-state index in [2.05, 4.69) is 87.7 Å². The third-order valence-corrected chi connectivity index (χ3v) is 21.5. The number of amides is 1. The summed E-state index contributed by atoms with van der Waals surface area (Å²) in [5.41, 5.74) is 14.9. The maximum Gasteiger partial charge on any atom is 0.354 e. The van der Waals surface area contributed by atoms with Crippen molar-refractivity contribution in [2.45, 2.75) is 204 Å². The first-order valence-electron chi connectivity index (χ1n) is 33.4. The van der Waals surface area contributed by atoms with E-state index in [9.17, 15) is 14.7 Å². The van der Waals surface area contributed by atoms with Crippen LogP contribution in [0.25, 0.3) is 9.69 Å². The molecule has 16 nitrogen and oxygen atoms in total. The summed E-state index contributed by atoms with van der Waals surface area (Å²) in [4.78, 5) is 49.6. The van der Waals surface area contributed by atoms with Crippen LogP contribution in [-0.4, -0.2) is 150 Å². The molecule has 19 heteroatoms. The third-order valence-electron chi connectivity index (χ3n) is 20.9. The molecule has 4 aromatic rings. The molecule has 3 N–H and O–H groups in total. The van der Waals surface area contributed by atoms with Gasteiger partial charge in [-0.1, -0.05) is 107 Å². The number of pyridine rings is 2. The monoisotopic (exact) mass is 1300 g/mol. The number of hydrazone groups is 2. The fourth-order valence-corrected chi connectivity index (χ4v) is 16.3. The van der Waals surface area contributed by atoms with Crippen molar-refractivity contribution in [1.29, 1.82) is 0 Å². The Morgan fingerprint density at radius 2 is 0.945 bits per heavy atom. The Labute approximate surface area is 559 Å². The SMILES string of the molecule is C.CN(C)C1CCCC1.CN(C)C1CCCC1.Cl.NC1CCCC1.[C-]#[N+]c1ccc(N2N=C3c4ccc(C(=O)N5CC[C@H](N(C)C)C5)nc4CCC3C2C2CCCC2)cc1Cl.[C-]#[N+]c1ccc(N2N=C3c4ccc(C(=O)O)nc4CCC3C2C2CCCC2)cc1Cl. The largest absolute Gasteiger partial charge is 0.477 e. The normalized spacial score (nSPS) is 23.5. The summed E-state index contributed by atoms with van der Waals surface area (Å²) in [6.45, 7) is 16.1. The Bertz CT molecular complexity index is 3240. The number of carboxylic acids is 1. The van der Waals surface area contributed by atoms with Gasteiger partial charge in [0.1, 0.15) is 11.4 Å². The number of hydrogen-bond donors (Lipinski definition) is 2. The molecule has 0 spiro atoms. The Hall–Kier alpha value is -5.69. The number of nitrogens with two attached hydrogens (primary N) is 1. The van der Waals surface area contributed by atoms with Crippen molar-refractivity contribution in [3.8, 4) is 0 Å². The lowest BCUT2D eigenvalue weighted by Crippen LogP contribution is -2.41. The number of aromatic nitrogens is 2. The number of carbonyl (C=O) groups is 2. The number of nitrogens with zero attached hydrogens (tertiary/aromatic N) is 12. The van der Waals surface area contributed by atoms with E-state index in [0.717, 1.165) is 103 Å². The number of rotatable bonds is 9. The number of aromatic carboxylic acids is 1. The van der Waals surface area contributed by atoms with Gasteiger partial charge in [0.05, 0.1) is 59.4 Å². The van der Waals surface area contributed by atoms with E-state index in [1.165, 1.54) is 128 Å². The van der Waals surface area contributed by atoms with Gasteiger partial charge in [0.15, 0.2) is 0 Å². The first-order chi connectivity index (χ1) is 43.0. The summed E-state index contributed by atoms with van der Waals surface area (Å²) < 4.78 is 0. The van der Waals surface area contributed by atoms with E-state index in [-0.39, 0.29) is 49.4 Å². The van der Waals surface area contributed by atoms with Crippen LogP contribution in [-0.2, 0) is 12.8 Å². The molecule has 3 aliphatic heterocycles. The molecule has 4 unspecified atom stereocenters. The predicted octanol–water partition coefficient (Wildman–Crippen LogP) is 15.7. The van der Waals surface area contributed by atoms with Crippen molar-refractivity contribution in [3.05, 3.63) is 127 Å². The summed E-state index contributed by atoms with van der Waals surface area (Å²) in [5.74, 6) is 0.787. The molecule has 7 aliphatic carbocycles. The second-order valence-electron chi connectivity index (χ2n) is 27.2. The standard InChI is InChI=1S/C29H33ClN6O.C23H21ClN4O2.2C7H15N.C5H11N.CH4.ClH/c1-31-25-11-8-19(16-23(25)30)36-28(18-6-4-5-7-18)22-10-12-24-21(27(22)33-36)9-13-26(32-24)29(37)35-15-14-20(17-35)34(2)3;1-25-19-9-6-14(12-17(19)24)28-22(13-4-2-3-5-13)16-8-10-18-15(21(16)27-28)7-11-20(26-18)23(29)30;2*1-8(2)7-5-3-4-6-7;6-5-3-1-2-4-5;;/h8-9,11,13,16,18,20,22,28H,4-7,10,12,14-15,17H2,2-3H3;6-7,9,11-13,16,22H,2-5,8,10H2,(H,29,30);2*7H,3-6H2,1-2H3;5H,1-4,6H2;1H4;1H/t20-,22?,28?;;;;;;/m0....../s1. The molecule has 10 aliphatic rings. The maximum atomic E-state index is 13.2. The van der Waals surface area contributed by atoms with Crippen molar-refractivity contribution in [1.82, 2.24) is 29.6 Å². The van der Waals surface area contributed by atoms with Crippen LogP contribution in [0.15, 0.2) is 70.9 Å². The molecule has 0 radical (unpaired) electrons. The number of likely N-dealkylation sites (N-methyl/N-ethyl adjacent to an activating group) is 1. The highest BCUT2D eigenvalue weighted by Gasteiger charge is 2.48. The summed E-state index contributed by atoms with van der Waals surface area (Å²) >= 11 is 12.8. The quantitative estimate of drug-likeness (QED) is 0.154. The Balaban J connectivity index is 0.000000174. The number of fused-ring (bicyclic) bond motifs is 6. The first kappa shape index (κ1) is 71.2. The number of carboxylic acid groups (broad SMARTS) is 1. The molecule has 6 fully saturated rings. The number of benzene rings is 2. The number of likely N-dealkylation sites (tertiary alicyclic amines) is 1. The van der Waals surface area contributed by atoms with Crippen molar-refractivity contribution >= 4 is 81.7 Å².